The Bertz CT molecular complexity index is 860. The molecule has 3 rings (SSSR count). The molecule has 0 aromatic heterocycles. The highest BCUT2D eigenvalue weighted by Gasteiger charge is 2.27. The highest BCUT2D eigenvalue weighted by Crippen LogP contribution is 2.30. The number of benzene rings is 2. The molecule has 2 aromatic carbocycles. The number of morpholine rings is 1. The van der Waals surface area contributed by atoms with Crippen LogP contribution in [0.1, 0.15) is 22.0 Å². The largest absolute Gasteiger partial charge is 0.482 e. The van der Waals surface area contributed by atoms with Crippen LogP contribution in [0.2, 0.25) is 5.02 Å². The van der Waals surface area contributed by atoms with E-state index in [0.717, 1.165) is 0 Å². The topological polar surface area (TPSA) is 76.1 Å². The van der Waals surface area contributed by atoms with Crippen molar-refractivity contribution < 1.29 is 28.6 Å². The summed E-state index contributed by atoms with van der Waals surface area (Å²) in [5.74, 6) is -1.47. The fourth-order valence-electron chi connectivity index (χ4n) is 2.83. The molecule has 0 spiro atoms. The van der Waals surface area contributed by atoms with E-state index in [1.807, 2.05) is 0 Å². The molecule has 1 N–H and O–H groups in total. The van der Waals surface area contributed by atoms with Gasteiger partial charge in [-0.15, -0.1) is 0 Å². The number of hydrogen-bond donors (Lipinski definition) is 1. The summed E-state index contributed by atoms with van der Waals surface area (Å²) in [6.07, 6.45) is -0.456. The Morgan fingerprint density at radius 3 is 2.85 bits per heavy atom. The van der Waals surface area contributed by atoms with Gasteiger partial charge < -0.3 is 19.5 Å². The maximum Gasteiger partial charge on any atom is 0.341 e. The standard InChI is InChI=1S/C19H17ClFNO5/c20-16-9-13(21)4-5-15(16)17-10-22(6-7-26-17)19(25)12-2-1-3-14(8-12)27-11-18(23)24/h1-5,8-9,17H,6-7,10-11H2,(H,23,24). The first kappa shape index (κ1) is 19.1. The van der Waals surface area contributed by atoms with Gasteiger partial charge in [-0.3, -0.25) is 4.79 Å². The average Bonchev–Trinajstić information content (AvgIpc) is 2.66. The van der Waals surface area contributed by atoms with Gasteiger partial charge in [0.05, 0.1) is 13.2 Å². The normalized spacial score (nSPS) is 16.8. The van der Waals surface area contributed by atoms with E-state index in [4.69, 9.17) is 26.2 Å². The maximum atomic E-state index is 13.3. The van der Waals surface area contributed by atoms with Crippen molar-refractivity contribution in [1.82, 2.24) is 4.90 Å². The van der Waals surface area contributed by atoms with Crippen molar-refractivity contribution in [2.24, 2.45) is 0 Å². The van der Waals surface area contributed by atoms with Gasteiger partial charge >= 0.3 is 5.97 Å². The monoisotopic (exact) mass is 393 g/mol. The van der Waals surface area contributed by atoms with Gasteiger partial charge in [0.15, 0.2) is 6.61 Å². The summed E-state index contributed by atoms with van der Waals surface area (Å²) in [6, 6.07) is 10.4. The lowest BCUT2D eigenvalue weighted by Gasteiger charge is -2.33. The Morgan fingerprint density at radius 1 is 1.30 bits per heavy atom. The summed E-state index contributed by atoms with van der Waals surface area (Å²) in [7, 11) is 0. The number of carbonyl (C=O) groups excluding carboxylic acids is 1. The van der Waals surface area contributed by atoms with Crippen LogP contribution >= 0.6 is 11.6 Å². The molecule has 1 aliphatic heterocycles. The van der Waals surface area contributed by atoms with E-state index >= 15 is 0 Å². The van der Waals surface area contributed by atoms with Crippen molar-refractivity contribution in [2.75, 3.05) is 26.3 Å². The number of carboxylic acids is 1. The summed E-state index contributed by atoms with van der Waals surface area (Å²) in [5.41, 5.74) is 0.998. The van der Waals surface area contributed by atoms with E-state index in [1.54, 1.807) is 29.2 Å². The summed E-state index contributed by atoms with van der Waals surface area (Å²) in [6.45, 7) is 0.498. The van der Waals surface area contributed by atoms with Gasteiger partial charge in [-0.05, 0) is 30.3 Å². The smallest absolute Gasteiger partial charge is 0.341 e. The number of carboxylic acid groups (broad SMARTS) is 1. The Kier molecular flexibility index (Phi) is 5.93. The highest BCUT2D eigenvalue weighted by molar-refractivity contribution is 6.31. The molecule has 142 valence electrons. The first-order valence-electron chi connectivity index (χ1n) is 8.24. The molecule has 2 aromatic rings. The number of carbonyl (C=O) groups is 2. The number of aliphatic carboxylic acids is 1. The van der Waals surface area contributed by atoms with Crippen molar-refractivity contribution in [3.8, 4) is 5.75 Å². The van der Waals surface area contributed by atoms with Gasteiger partial charge in [0, 0.05) is 22.7 Å². The molecule has 0 saturated carbocycles. The molecule has 1 saturated heterocycles. The quantitative estimate of drug-likeness (QED) is 0.844. The zero-order valence-electron chi connectivity index (χ0n) is 14.2. The number of rotatable bonds is 5. The minimum absolute atomic E-state index is 0.234. The summed E-state index contributed by atoms with van der Waals surface area (Å²) in [5, 5.41) is 8.93. The van der Waals surface area contributed by atoms with E-state index in [2.05, 4.69) is 0 Å². The van der Waals surface area contributed by atoms with Crippen LogP contribution in [0.3, 0.4) is 0 Å². The lowest BCUT2D eigenvalue weighted by atomic mass is 10.1. The number of ether oxygens (including phenoxy) is 2. The van der Waals surface area contributed by atoms with Crippen molar-refractivity contribution >= 4 is 23.5 Å². The van der Waals surface area contributed by atoms with Crippen LogP contribution in [0.5, 0.6) is 5.75 Å². The minimum atomic E-state index is -1.10. The van der Waals surface area contributed by atoms with Crippen LogP contribution in [0.25, 0.3) is 0 Å². The zero-order chi connectivity index (χ0) is 19.4. The van der Waals surface area contributed by atoms with Gasteiger partial charge in [-0.1, -0.05) is 23.7 Å². The van der Waals surface area contributed by atoms with E-state index in [9.17, 15) is 14.0 Å². The molecule has 0 aliphatic carbocycles. The van der Waals surface area contributed by atoms with Crippen LogP contribution in [0, 0.1) is 5.82 Å². The van der Waals surface area contributed by atoms with Crippen molar-refractivity contribution in [3.63, 3.8) is 0 Å². The number of amides is 1. The third-order valence-electron chi connectivity index (χ3n) is 4.11. The van der Waals surface area contributed by atoms with E-state index < -0.39 is 24.5 Å². The number of nitrogens with zero attached hydrogens (tertiary/aromatic N) is 1. The molecule has 8 heteroatoms. The molecule has 27 heavy (non-hydrogen) atoms. The number of halogens is 2. The zero-order valence-corrected chi connectivity index (χ0v) is 15.0. The van der Waals surface area contributed by atoms with Gasteiger partial charge in [-0.25, -0.2) is 9.18 Å². The van der Waals surface area contributed by atoms with Crippen molar-refractivity contribution in [2.45, 2.75) is 6.10 Å². The lowest BCUT2D eigenvalue weighted by Crippen LogP contribution is -2.42. The van der Waals surface area contributed by atoms with E-state index in [-0.39, 0.29) is 17.5 Å². The first-order valence-corrected chi connectivity index (χ1v) is 8.62. The fraction of sp³-hybridized carbons (Fsp3) is 0.263. The lowest BCUT2D eigenvalue weighted by molar-refractivity contribution is -0.139. The second-order valence-electron chi connectivity index (χ2n) is 5.99. The molecule has 1 aliphatic rings. The molecule has 0 bridgehead atoms. The fourth-order valence-corrected chi connectivity index (χ4v) is 3.12. The predicted molar refractivity (Wildman–Crippen MR) is 95.6 cm³/mol. The van der Waals surface area contributed by atoms with Gasteiger partial charge in [-0.2, -0.15) is 0 Å². The van der Waals surface area contributed by atoms with Crippen LogP contribution in [0.15, 0.2) is 42.5 Å². The third-order valence-corrected chi connectivity index (χ3v) is 4.43. The van der Waals surface area contributed by atoms with Crippen LogP contribution < -0.4 is 4.74 Å². The van der Waals surface area contributed by atoms with Crippen molar-refractivity contribution in [3.05, 3.63) is 64.4 Å². The summed E-state index contributed by atoms with van der Waals surface area (Å²) >= 11 is 6.10. The molecule has 0 radical (unpaired) electrons. The molecule has 1 heterocycles. The molecule has 1 fully saturated rings. The predicted octanol–water partition coefficient (Wildman–Crippen LogP) is 3.16. The Labute approximate surface area is 160 Å². The molecule has 6 nitrogen and oxygen atoms in total. The molecule has 1 atom stereocenters. The Balaban J connectivity index is 1.73. The average molecular weight is 394 g/mol. The van der Waals surface area contributed by atoms with Gasteiger partial charge in [0.1, 0.15) is 17.7 Å². The Hall–Kier alpha value is -2.64. The second-order valence-corrected chi connectivity index (χ2v) is 6.39. The number of hydrogen-bond acceptors (Lipinski definition) is 4. The van der Waals surface area contributed by atoms with Crippen LogP contribution in [-0.4, -0.2) is 48.2 Å². The molecule has 1 amide bonds. The highest BCUT2D eigenvalue weighted by atomic mass is 35.5. The van der Waals surface area contributed by atoms with Crippen LogP contribution in [0.4, 0.5) is 4.39 Å². The first-order chi connectivity index (χ1) is 12.9. The van der Waals surface area contributed by atoms with E-state index in [0.29, 0.717) is 30.0 Å². The molecular formula is C19H17ClFNO5. The Morgan fingerprint density at radius 2 is 2.11 bits per heavy atom. The van der Waals surface area contributed by atoms with Crippen LogP contribution in [-0.2, 0) is 9.53 Å². The third kappa shape index (κ3) is 4.75. The minimum Gasteiger partial charge on any atom is -0.482 e. The summed E-state index contributed by atoms with van der Waals surface area (Å²) in [4.78, 5) is 25.0. The summed E-state index contributed by atoms with van der Waals surface area (Å²) < 4.78 is 24.1. The molecular weight excluding hydrogens is 377 g/mol. The molecule has 1 unspecified atom stereocenters. The van der Waals surface area contributed by atoms with Gasteiger partial charge in [0.25, 0.3) is 5.91 Å². The second kappa shape index (κ2) is 8.37. The van der Waals surface area contributed by atoms with E-state index in [1.165, 1.54) is 18.2 Å². The van der Waals surface area contributed by atoms with Gasteiger partial charge in [0.2, 0.25) is 0 Å². The maximum absolute atomic E-state index is 13.3. The van der Waals surface area contributed by atoms with Crippen molar-refractivity contribution in [1.29, 1.82) is 0 Å². The SMILES string of the molecule is O=C(O)COc1cccc(C(=O)N2CCOC(c3ccc(F)cc3Cl)C2)c1.